The maximum absolute atomic E-state index is 14.4. The molecule has 0 unspecified atom stereocenters. The maximum Gasteiger partial charge on any atom is 0.316 e. The highest BCUT2D eigenvalue weighted by atomic mass is 19.3. The van der Waals surface area contributed by atoms with Gasteiger partial charge in [0.25, 0.3) is 5.92 Å². The molecule has 204 valence electrons. The van der Waals surface area contributed by atoms with Crippen molar-refractivity contribution in [1.29, 1.82) is 0 Å². The van der Waals surface area contributed by atoms with E-state index in [0.717, 1.165) is 42.7 Å². The van der Waals surface area contributed by atoms with Gasteiger partial charge in [-0.1, -0.05) is 31.0 Å². The van der Waals surface area contributed by atoms with Crippen LogP contribution in [-0.4, -0.2) is 43.2 Å². The number of alkyl halides is 2. The fourth-order valence-electron chi connectivity index (χ4n) is 3.98. The largest absolute Gasteiger partial charge is 0.463 e. The number of nitrogens with two attached hydrogens (primary N) is 1. The van der Waals surface area contributed by atoms with Crippen LogP contribution in [0.15, 0.2) is 42.5 Å². The number of halogens is 2. The molecule has 0 bridgehead atoms. The number of hydrogen-bond donors (Lipinski definition) is 4. The van der Waals surface area contributed by atoms with Crippen molar-refractivity contribution in [1.82, 2.24) is 5.32 Å². The summed E-state index contributed by atoms with van der Waals surface area (Å²) in [6, 6.07) is 10.2. The molecular formula is C27H37F2N3O5. The normalized spacial score (nSPS) is 15.5. The number of aliphatic hydroxyl groups excluding tert-OH is 1. The van der Waals surface area contributed by atoms with E-state index in [1.54, 1.807) is 0 Å². The number of amides is 2. The molecule has 5 N–H and O–H groups in total. The Morgan fingerprint density at radius 1 is 1.19 bits per heavy atom. The van der Waals surface area contributed by atoms with Gasteiger partial charge >= 0.3 is 6.03 Å². The van der Waals surface area contributed by atoms with E-state index in [1.165, 1.54) is 24.3 Å². The third-order valence-corrected chi connectivity index (χ3v) is 5.97. The molecular weight excluding hydrogens is 484 g/mol. The second-order valence-corrected chi connectivity index (χ2v) is 9.62. The number of unbranched alkanes of at least 4 members (excludes halogenated alkanes) is 3. The number of carbonyl (C=O) groups is 1. The minimum atomic E-state index is -3.17. The van der Waals surface area contributed by atoms with Gasteiger partial charge in [0.15, 0.2) is 0 Å². The lowest BCUT2D eigenvalue weighted by molar-refractivity contribution is -0.180. The Labute approximate surface area is 216 Å². The maximum atomic E-state index is 14.4. The topological polar surface area (TPSA) is 115 Å². The lowest BCUT2D eigenvalue weighted by Gasteiger charge is -2.33. The number of anilines is 1. The Kier molecular flexibility index (Phi) is 10.2. The summed E-state index contributed by atoms with van der Waals surface area (Å²) >= 11 is 0. The van der Waals surface area contributed by atoms with E-state index in [2.05, 4.69) is 10.6 Å². The molecule has 1 atom stereocenters. The van der Waals surface area contributed by atoms with Crippen molar-refractivity contribution < 1.29 is 32.9 Å². The molecule has 3 rings (SSSR count). The molecule has 1 aliphatic heterocycles. The van der Waals surface area contributed by atoms with Gasteiger partial charge in [-0.15, -0.1) is 0 Å². The molecule has 0 aliphatic carbocycles. The van der Waals surface area contributed by atoms with E-state index in [1.807, 2.05) is 32.0 Å². The van der Waals surface area contributed by atoms with Gasteiger partial charge in [-0.2, -0.15) is 8.78 Å². The highest BCUT2D eigenvalue weighted by Gasteiger charge is 2.32. The average molecular weight is 522 g/mol. The quantitative estimate of drug-likeness (QED) is 0.265. The van der Waals surface area contributed by atoms with Gasteiger partial charge in [0.2, 0.25) is 5.79 Å². The number of rotatable bonds is 14. The average Bonchev–Trinajstić information content (AvgIpc) is 2.84. The number of hydrogen-bond acceptors (Lipinski definition) is 6. The summed E-state index contributed by atoms with van der Waals surface area (Å²) < 4.78 is 45.4. The second-order valence-electron chi connectivity index (χ2n) is 9.62. The smallest absolute Gasteiger partial charge is 0.316 e. The molecule has 0 aromatic heterocycles. The highest BCUT2D eigenvalue weighted by Crippen LogP contribution is 2.33. The van der Waals surface area contributed by atoms with Crippen LogP contribution in [0.3, 0.4) is 0 Å². The predicted octanol–water partition coefficient (Wildman–Crippen LogP) is 4.81. The van der Waals surface area contributed by atoms with Crippen LogP contribution in [0.25, 0.3) is 0 Å². The summed E-state index contributed by atoms with van der Waals surface area (Å²) in [5.74, 6) is -3.04. The molecule has 0 saturated heterocycles. The Bertz CT molecular complexity index is 1030. The van der Waals surface area contributed by atoms with Crippen LogP contribution in [0.1, 0.15) is 62.3 Å². The molecule has 1 aliphatic rings. The molecule has 10 heteroatoms. The van der Waals surface area contributed by atoms with Gasteiger partial charge in [0.1, 0.15) is 12.4 Å². The van der Waals surface area contributed by atoms with Crippen LogP contribution in [0.2, 0.25) is 0 Å². The third-order valence-electron chi connectivity index (χ3n) is 5.97. The van der Waals surface area contributed by atoms with Crippen molar-refractivity contribution in [2.45, 2.75) is 64.0 Å². The first kappa shape index (κ1) is 28.8. The summed E-state index contributed by atoms with van der Waals surface area (Å²) in [5, 5.41) is 16.0. The van der Waals surface area contributed by atoms with Crippen molar-refractivity contribution >= 4 is 11.7 Å². The van der Waals surface area contributed by atoms with E-state index < -0.39 is 30.5 Å². The molecule has 2 amide bonds. The Balaban J connectivity index is 1.25. The van der Waals surface area contributed by atoms with Gasteiger partial charge in [-0.05, 0) is 49.2 Å². The van der Waals surface area contributed by atoms with Crippen LogP contribution >= 0.6 is 0 Å². The summed E-state index contributed by atoms with van der Waals surface area (Å²) in [7, 11) is 0. The van der Waals surface area contributed by atoms with Crippen molar-refractivity contribution in [3.8, 4) is 5.75 Å². The molecule has 8 nitrogen and oxygen atoms in total. The number of fused-ring (bicyclic) bond motifs is 1. The van der Waals surface area contributed by atoms with Gasteiger partial charge in [0.05, 0.1) is 12.7 Å². The first-order valence-electron chi connectivity index (χ1n) is 12.5. The van der Waals surface area contributed by atoms with Crippen molar-refractivity contribution in [2.24, 2.45) is 5.73 Å². The first-order valence-corrected chi connectivity index (χ1v) is 12.5. The van der Waals surface area contributed by atoms with Crippen LogP contribution < -0.4 is 21.1 Å². The zero-order valence-corrected chi connectivity index (χ0v) is 21.4. The van der Waals surface area contributed by atoms with Crippen molar-refractivity contribution in [2.75, 3.05) is 31.6 Å². The van der Waals surface area contributed by atoms with Gasteiger partial charge in [-0.25, -0.2) is 4.79 Å². The van der Waals surface area contributed by atoms with Crippen molar-refractivity contribution in [3.05, 3.63) is 59.2 Å². The Hall–Kier alpha value is -2.79. The van der Waals surface area contributed by atoms with Gasteiger partial charge in [-0.3, -0.25) is 0 Å². The van der Waals surface area contributed by atoms with Crippen LogP contribution in [0.5, 0.6) is 5.75 Å². The van der Waals surface area contributed by atoms with E-state index in [9.17, 15) is 18.7 Å². The summed E-state index contributed by atoms with van der Waals surface area (Å²) in [4.78, 5) is 10.9. The van der Waals surface area contributed by atoms with E-state index in [-0.39, 0.29) is 17.9 Å². The first-order chi connectivity index (χ1) is 17.6. The molecule has 0 fully saturated rings. The zero-order valence-electron chi connectivity index (χ0n) is 21.4. The number of urea groups is 1. The lowest BCUT2D eigenvalue weighted by atomic mass is 10.0. The zero-order chi connectivity index (χ0) is 26.9. The molecule has 0 radical (unpaired) electrons. The Morgan fingerprint density at radius 3 is 2.76 bits per heavy atom. The molecule has 1 heterocycles. The number of ether oxygens (including phenoxy) is 3. The van der Waals surface area contributed by atoms with Crippen molar-refractivity contribution in [3.63, 3.8) is 0 Å². The van der Waals surface area contributed by atoms with Crippen LogP contribution in [-0.2, 0) is 22.0 Å². The van der Waals surface area contributed by atoms with E-state index in [4.69, 9.17) is 19.9 Å². The SMILES string of the molecule is CC1(C)OCc2cc([C@@H](O)CNCCCCCCOCC(F)(F)c3cccc(NC(N)=O)c3)ccc2O1. The second kappa shape index (κ2) is 13.1. The van der Waals surface area contributed by atoms with E-state index in [0.29, 0.717) is 19.6 Å². The molecule has 0 saturated carbocycles. The molecule has 2 aromatic carbocycles. The molecule has 2 aromatic rings. The fraction of sp³-hybridized carbons (Fsp3) is 0.519. The standard InChI is InChI=1S/C27H37F2N3O5/c1-26(2)36-17-20-14-19(10-11-24(20)37-26)23(33)16-31-12-5-3-4-6-13-35-18-27(28,29)21-8-7-9-22(15-21)32-25(30)34/h7-11,14-15,23,31,33H,3-6,12-13,16-18H2,1-2H3,(H3,30,32,34)/t23-/m0/s1. The van der Waals surface area contributed by atoms with Crippen LogP contribution in [0, 0.1) is 0 Å². The van der Waals surface area contributed by atoms with Crippen LogP contribution in [0.4, 0.5) is 19.3 Å². The number of carbonyl (C=O) groups excluding carboxylic acids is 1. The number of benzene rings is 2. The van der Waals surface area contributed by atoms with E-state index >= 15 is 0 Å². The minimum absolute atomic E-state index is 0.210. The van der Waals surface area contributed by atoms with Gasteiger partial charge < -0.3 is 35.7 Å². The molecule has 37 heavy (non-hydrogen) atoms. The minimum Gasteiger partial charge on any atom is -0.463 e. The third kappa shape index (κ3) is 9.23. The molecule has 0 spiro atoms. The summed E-state index contributed by atoms with van der Waals surface area (Å²) in [5.41, 5.74) is 6.72. The number of primary amides is 1. The summed E-state index contributed by atoms with van der Waals surface area (Å²) in [6.45, 7) is 4.86. The number of aliphatic hydroxyl groups is 1. The monoisotopic (exact) mass is 521 g/mol. The predicted molar refractivity (Wildman–Crippen MR) is 137 cm³/mol. The Morgan fingerprint density at radius 2 is 1.97 bits per heavy atom. The highest BCUT2D eigenvalue weighted by molar-refractivity contribution is 5.87. The van der Waals surface area contributed by atoms with Gasteiger partial charge in [0, 0.05) is 43.8 Å². The fourth-order valence-corrected chi connectivity index (χ4v) is 3.98. The number of nitrogens with one attached hydrogen (secondary N) is 2. The summed E-state index contributed by atoms with van der Waals surface area (Å²) in [6.07, 6.45) is 2.73. The lowest BCUT2D eigenvalue weighted by Crippen LogP contribution is -2.35.